The van der Waals surface area contributed by atoms with Crippen molar-refractivity contribution < 1.29 is 23.9 Å². The van der Waals surface area contributed by atoms with Crippen LogP contribution in [0.5, 0.6) is 0 Å². The Morgan fingerprint density at radius 1 is 1.14 bits per heavy atom. The van der Waals surface area contributed by atoms with Gasteiger partial charge in [-0.25, -0.2) is 4.79 Å². The first-order valence-corrected chi connectivity index (χ1v) is 9.36. The summed E-state index contributed by atoms with van der Waals surface area (Å²) in [5.41, 5.74) is 2.61. The molecule has 1 aromatic rings. The Balaban J connectivity index is 1.57. The Kier molecular flexibility index (Phi) is 5.63. The molecular weight excluding hydrogens is 360 g/mol. The Bertz CT molecular complexity index is 834. The van der Waals surface area contributed by atoms with Crippen molar-refractivity contribution >= 4 is 29.4 Å². The second-order valence-corrected chi connectivity index (χ2v) is 7.28. The van der Waals surface area contributed by atoms with E-state index in [1.54, 1.807) is 6.07 Å². The number of hydrogen-bond donors (Lipinski definition) is 1. The van der Waals surface area contributed by atoms with E-state index in [0.29, 0.717) is 18.5 Å². The minimum absolute atomic E-state index is 0.344. The zero-order valence-electron chi connectivity index (χ0n) is 16.2. The summed E-state index contributed by atoms with van der Waals surface area (Å²) in [6.07, 6.45) is 4.78. The van der Waals surface area contributed by atoms with E-state index in [2.05, 4.69) is 5.32 Å². The van der Waals surface area contributed by atoms with Crippen LogP contribution in [-0.2, 0) is 23.9 Å². The number of esters is 1. The fourth-order valence-electron chi connectivity index (χ4n) is 3.64. The van der Waals surface area contributed by atoms with Gasteiger partial charge in [-0.05, 0) is 50.8 Å². The molecule has 28 heavy (non-hydrogen) atoms. The van der Waals surface area contributed by atoms with Gasteiger partial charge in [0.2, 0.25) is 11.8 Å². The summed E-state index contributed by atoms with van der Waals surface area (Å²) >= 11 is 0. The number of anilines is 1. The van der Waals surface area contributed by atoms with Crippen molar-refractivity contribution in [3.63, 3.8) is 0 Å². The topological polar surface area (TPSA) is 92.8 Å². The fraction of sp³-hybridized carbons (Fsp3) is 0.429. The van der Waals surface area contributed by atoms with Crippen molar-refractivity contribution in [1.82, 2.24) is 4.90 Å². The molecule has 0 saturated carbocycles. The lowest BCUT2D eigenvalue weighted by Gasteiger charge is -2.21. The molecule has 148 valence electrons. The third-order valence-electron chi connectivity index (χ3n) is 5.49. The second kappa shape index (κ2) is 7.96. The van der Waals surface area contributed by atoms with Gasteiger partial charge in [-0.2, -0.15) is 0 Å². The number of likely N-dealkylation sites (tertiary alicyclic amines) is 1. The van der Waals surface area contributed by atoms with Gasteiger partial charge in [0.1, 0.15) is 6.04 Å². The smallest absolute Gasteiger partial charge is 0.329 e. The standard InChI is InChI=1S/C21H24N2O5/c1-12-7-6-10-17(13(12)2)22-18(24)11-28-21(27)14(3)23-19(25)15-8-4-5-9-16(15)20(23)26/h4-7,10,14-16H,8-9,11H2,1-3H3,(H,22,24)/t14-,15+,16+/m0/s1. The van der Waals surface area contributed by atoms with Gasteiger partial charge in [0.15, 0.2) is 6.61 Å². The fourth-order valence-corrected chi connectivity index (χ4v) is 3.64. The highest BCUT2D eigenvalue weighted by atomic mass is 16.5. The number of hydrogen-bond acceptors (Lipinski definition) is 5. The number of nitrogens with zero attached hydrogens (tertiary/aromatic N) is 1. The van der Waals surface area contributed by atoms with Crippen molar-refractivity contribution in [3.8, 4) is 0 Å². The van der Waals surface area contributed by atoms with Gasteiger partial charge in [-0.1, -0.05) is 24.3 Å². The maximum Gasteiger partial charge on any atom is 0.329 e. The maximum atomic E-state index is 12.5. The van der Waals surface area contributed by atoms with Gasteiger partial charge in [0, 0.05) is 5.69 Å². The molecule has 3 atom stereocenters. The number of carbonyl (C=O) groups excluding carboxylic acids is 4. The van der Waals surface area contributed by atoms with Crippen LogP contribution in [0.1, 0.15) is 30.9 Å². The number of carbonyl (C=O) groups is 4. The van der Waals surface area contributed by atoms with Gasteiger partial charge in [-0.3, -0.25) is 19.3 Å². The lowest BCUT2D eigenvalue weighted by atomic mass is 9.85. The molecule has 0 radical (unpaired) electrons. The monoisotopic (exact) mass is 384 g/mol. The van der Waals surface area contributed by atoms with E-state index in [-0.39, 0.29) is 11.8 Å². The quantitative estimate of drug-likeness (QED) is 0.477. The molecule has 7 nitrogen and oxygen atoms in total. The van der Waals surface area contributed by atoms with Crippen LogP contribution in [0.4, 0.5) is 5.69 Å². The van der Waals surface area contributed by atoms with Gasteiger partial charge in [0.25, 0.3) is 5.91 Å². The van der Waals surface area contributed by atoms with Gasteiger partial charge >= 0.3 is 5.97 Å². The molecule has 0 spiro atoms. The normalized spacial score (nSPS) is 22.0. The molecule has 0 unspecified atom stereocenters. The average molecular weight is 384 g/mol. The third-order valence-corrected chi connectivity index (χ3v) is 5.49. The first kappa shape index (κ1) is 19.8. The summed E-state index contributed by atoms with van der Waals surface area (Å²) in [5.74, 6) is -2.75. The van der Waals surface area contributed by atoms with E-state index in [1.807, 2.05) is 38.1 Å². The first-order chi connectivity index (χ1) is 13.3. The van der Waals surface area contributed by atoms with Crippen LogP contribution in [0, 0.1) is 25.7 Å². The largest absolute Gasteiger partial charge is 0.454 e. The number of aryl methyl sites for hydroxylation is 1. The number of imide groups is 1. The summed E-state index contributed by atoms with van der Waals surface area (Å²) in [4.78, 5) is 50.5. The van der Waals surface area contributed by atoms with Crippen molar-refractivity contribution in [1.29, 1.82) is 0 Å². The zero-order chi connectivity index (χ0) is 20.4. The summed E-state index contributed by atoms with van der Waals surface area (Å²) in [6, 6.07) is 4.47. The van der Waals surface area contributed by atoms with Crippen LogP contribution in [0.2, 0.25) is 0 Å². The van der Waals surface area contributed by atoms with E-state index in [4.69, 9.17) is 4.74 Å². The van der Waals surface area contributed by atoms with Gasteiger partial charge in [-0.15, -0.1) is 0 Å². The lowest BCUT2D eigenvalue weighted by molar-refractivity contribution is -0.159. The molecular formula is C21H24N2O5. The highest BCUT2D eigenvalue weighted by Crippen LogP contribution is 2.36. The Morgan fingerprint density at radius 2 is 1.75 bits per heavy atom. The molecule has 2 aliphatic rings. The van der Waals surface area contributed by atoms with Crippen LogP contribution in [0.15, 0.2) is 30.4 Å². The van der Waals surface area contributed by atoms with E-state index in [9.17, 15) is 19.2 Å². The SMILES string of the molecule is Cc1cccc(NC(=O)COC(=O)[C@H](C)N2C(=O)[C@@H]3CC=CC[C@H]3C2=O)c1C. The highest BCUT2D eigenvalue weighted by Gasteiger charge is 2.50. The minimum Gasteiger partial charge on any atom is -0.454 e. The number of rotatable bonds is 5. The maximum absolute atomic E-state index is 12.5. The number of allylic oxidation sites excluding steroid dienone is 2. The molecule has 1 aliphatic heterocycles. The van der Waals surface area contributed by atoms with E-state index in [1.165, 1.54) is 6.92 Å². The minimum atomic E-state index is -1.06. The van der Waals surface area contributed by atoms with E-state index in [0.717, 1.165) is 16.0 Å². The molecule has 1 aliphatic carbocycles. The summed E-state index contributed by atoms with van der Waals surface area (Å²) in [6.45, 7) is 4.79. The number of fused-ring (bicyclic) bond motifs is 1. The van der Waals surface area contributed by atoms with Crippen molar-refractivity contribution in [2.45, 2.75) is 39.7 Å². The summed E-state index contributed by atoms with van der Waals surface area (Å²) in [5, 5.41) is 2.70. The van der Waals surface area contributed by atoms with E-state index >= 15 is 0 Å². The molecule has 1 heterocycles. The molecule has 7 heteroatoms. The molecule has 1 fully saturated rings. The van der Waals surface area contributed by atoms with Crippen molar-refractivity contribution in [3.05, 3.63) is 41.5 Å². The Morgan fingerprint density at radius 3 is 2.36 bits per heavy atom. The van der Waals surface area contributed by atoms with Crippen LogP contribution in [0.25, 0.3) is 0 Å². The predicted octanol–water partition coefficient (Wildman–Crippen LogP) is 2.12. The van der Waals surface area contributed by atoms with Crippen molar-refractivity contribution in [2.75, 3.05) is 11.9 Å². The van der Waals surface area contributed by atoms with Crippen LogP contribution in [-0.4, -0.2) is 41.2 Å². The van der Waals surface area contributed by atoms with Crippen LogP contribution >= 0.6 is 0 Å². The number of benzene rings is 1. The molecule has 3 amide bonds. The average Bonchev–Trinajstić information content (AvgIpc) is 2.94. The zero-order valence-corrected chi connectivity index (χ0v) is 16.2. The number of amides is 3. The van der Waals surface area contributed by atoms with Crippen LogP contribution in [0.3, 0.4) is 0 Å². The van der Waals surface area contributed by atoms with Crippen LogP contribution < -0.4 is 5.32 Å². The molecule has 1 N–H and O–H groups in total. The second-order valence-electron chi connectivity index (χ2n) is 7.28. The van der Waals surface area contributed by atoms with Crippen molar-refractivity contribution in [2.24, 2.45) is 11.8 Å². The first-order valence-electron chi connectivity index (χ1n) is 9.36. The molecule has 1 aromatic carbocycles. The van der Waals surface area contributed by atoms with Gasteiger partial charge in [0.05, 0.1) is 11.8 Å². The highest BCUT2D eigenvalue weighted by molar-refractivity contribution is 6.08. The summed E-state index contributed by atoms with van der Waals surface area (Å²) in [7, 11) is 0. The number of ether oxygens (including phenoxy) is 1. The molecule has 3 rings (SSSR count). The van der Waals surface area contributed by atoms with E-state index < -0.39 is 36.4 Å². The Labute approximate surface area is 163 Å². The summed E-state index contributed by atoms with van der Waals surface area (Å²) < 4.78 is 5.06. The number of nitrogens with one attached hydrogen (secondary N) is 1. The Hall–Kier alpha value is -2.96. The molecule has 1 saturated heterocycles. The lowest BCUT2D eigenvalue weighted by Crippen LogP contribution is -2.45. The molecule has 0 bridgehead atoms. The predicted molar refractivity (Wildman–Crippen MR) is 102 cm³/mol. The third kappa shape index (κ3) is 3.69. The van der Waals surface area contributed by atoms with Gasteiger partial charge < -0.3 is 10.1 Å². The molecule has 0 aromatic heterocycles.